The molecule has 3 N–H and O–H groups in total. The van der Waals surface area contributed by atoms with Crippen molar-refractivity contribution in [2.24, 2.45) is 0 Å². The van der Waals surface area contributed by atoms with E-state index in [-0.39, 0.29) is 11.7 Å². The number of aromatic nitrogens is 4. The summed E-state index contributed by atoms with van der Waals surface area (Å²) >= 11 is 0. The molecule has 1 aliphatic carbocycles. The summed E-state index contributed by atoms with van der Waals surface area (Å²) in [5.74, 6) is 0.210. The monoisotopic (exact) mass is 458 g/mol. The molecule has 0 aliphatic heterocycles. The molecule has 3 aromatic rings. The average molecular weight is 458 g/mol. The van der Waals surface area contributed by atoms with E-state index >= 15 is 0 Å². The maximum atomic E-state index is 13.0. The number of hydrogen-bond acceptors (Lipinski definition) is 5. The third-order valence-electron chi connectivity index (χ3n) is 6.29. The van der Waals surface area contributed by atoms with E-state index in [4.69, 9.17) is 5.73 Å². The zero-order valence-corrected chi connectivity index (χ0v) is 18.2. The summed E-state index contributed by atoms with van der Waals surface area (Å²) in [6.45, 7) is 2.04. The number of alkyl halides is 3. The summed E-state index contributed by atoms with van der Waals surface area (Å²) in [7, 11) is 0. The molecule has 0 atom stereocenters. The summed E-state index contributed by atoms with van der Waals surface area (Å²) in [5.41, 5.74) is 6.47. The highest BCUT2D eigenvalue weighted by atomic mass is 19.4. The van der Waals surface area contributed by atoms with Crippen LogP contribution in [0.5, 0.6) is 0 Å². The zero-order chi connectivity index (χ0) is 23.6. The number of halogens is 3. The van der Waals surface area contributed by atoms with Gasteiger partial charge in [-0.3, -0.25) is 4.79 Å². The van der Waals surface area contributed by atoms with Gasteiger partial charge >= 0.3 is 6.18 Å². The van der Waals surface area contributed by atoms with E-state index in [1.807, 2.05) is 0 Å². The number of carbonyl (C=O) groups is 1. The van der Waals surface area contributed by atoms with Gasteiger partial charge in [0.1, 0.15) is 0 Å². The Hall–Kier alpha value is -3.43. The van der Waals surface area contributed by atoms with Gasteiger partial charge in [-0.05, 0) is 37.5 Å². The minimum absolute atomic E-state index is 0.190. The zero-order valence-electron chi connectivity index (χ0n) is 18.2. The van der Waals surface area contributed by atoms with E-state index < -0.39 is 17.2 Å². The van der Waals surface area contributed by atoms with Crippen LogP contribution in [0, 0.1) is 6.92 Å². The first-order valence-electron chi connectivity index (χ1n) is 10.8. The van der Waals surface area contributed by atoms with Crippen LogP contribution in [0.2, 0.25) is 0 Å². The van der Waals surface area contributed by atoms with Crippen LogP contribution >= 0.6 is 0 Å². The largest absolute Gasteiger partial charge is 0.416 e. The molecule has 0 saturated heterocycles. The van der Waals surface area contributed by atoms with Crippen molar-refractivity contribution in [1.29, 1.82) is 0 Å². The van der Waals surface area contributed by atoms with Gasteiger partial charge < -0.3 is 11.1 Å². The maximum absolute atomic E-state index is 13.0. The molecule has 10 heteroatoms. The second-order valence-electron chi connectivity index (χ2n) is 8.44. The molecule has 7 nitrogen and oxygen atoms in total. The number of rotatable bonds is 5. The van der Waals surface area contributed by atoms with Gasteiger partial charge in [-0.1, -0.05) is 31.4 Å². The predicted molar refractivity (Wildman–Crippen MR) is 117 cm³/mol. The lowest BCUT2D eigenvalue weighted by atomic mass is 9.69. The molecule has 1 amide bonds. The summed E-state index contributed by atoms with van der Waals surface area (Å²) in [6, 6.07) is 5.32. The Kier molecular flexibility index (Phi) is 6.09. The van der Waals surface area contributed by atoms with Gasteiger partial charge in [-0.15, -0.1) is 0 Å². The van der Waals surface area contributed by atoms with Gasteiger partial charge in [-0.25, -0.2) is 14.6 Å². The third kappa shape index (κ3) is 4.69. The second-order valence-corrected chi connectivity index (χ2v) is 8.44. The fourth-order valence-corrected chi connectivity index (χ4v) is 4.46. The Labute approximate surface area is 189 Å². The SMILES string of the molecule is Cc1nn(-c2nccnc2N)cc1C(=O)NCC1(c2ccc(C(F)(F)F)cc2)CCCCC1. The Bertz CT molecular complexity index is 1130. The second kappa shape index (κ2) is 8.84. The van der Waals surface area contributed by atoms with Gasteiger partial charge in [0.15, 0.2) is 11.6 Å². The highest BCUT2D eigenvalue weighted by molar-refractivity contribution is 5.95. The number of benzene rings is 1. The fourth-order valence-electron chi connectivity index (χ4n) is 4.46. The molecule has 0 spiro atoms. The van der Waals surface area contributed by atoms with Crippen LogP contribution in [-0.4, -0.2) is 32.2 Å². The normalized spacial score (nSPS) is 15.9. The number of carbonyl (C=O) groups excluding carboxylic acids is 1. The molecule has 0 radical (unpaired) electrons. The smallest absolute Gasteiger partial charge is 0.381 e. The molecule has 1 saturated carbocycles. The van der Waals surface area contributed by atoms with Gasteiger partial charge in [0.05, 0.1) is 16.8 Å². The number of aryl methyl sites for hydroxylation is 1. The van der Waals surface area contributed by atoms with E-state index in [9.17, 15) is 18.0 Å². The van der Waals surface area contributed by atoms with Crippen molar-refractivity contribution in [3.05, 3.63) is 65.2 Å². The van der Waals surface area contributed by atoms with Crippen molar-refractivity contribution >= 4 is 11.7 Å². The van der Waals surface area contributed by atoms with Crippen molar-refractivity contribution < 1.29 is 18.0 Å². The minimum Gasteiger partial charge on any atom is -0.381 e. The number of nitrogens with zero attached hydrogens (tertiary/aromatic N) is 4. The van der Waals surface area contributed by atoms with Crippen molar-refractivity contribution in [3.63, 3.8) is 0 Å². The Morgan fingerprint density at radius 1 is 1.12 bits per heavy atom. The number of nitrogens with two attached hydrogens (primary N) is 1. The van der Waals surface area contributed by atoms with E-state index in [0.717, 1.165) is 49.8 Å². The van der Waals surface area contributed by atoms with Gasteiger partial charge in [0.2, 0.25) is 0 Å². The Morgan fingerprint density at radius 3 is 2.42 bits per heavy atom. The van der Waals surface area contributed by atoms with Crippen molar-refractivity contribution in [2.45, 2.75) is 50.6 Å². The molecule has 0 unspecified atom stereocenters. The summed E-state index contributed by atoms with van der Waals surface area (Å²) in [4.78, 5) is 21.2. The van der Waals surface area contributed by atoms with Crippen molar-refractivity contribution in [2.75, 3.05) is 12.3 Å². The maximum Gasteiger partial charge on any atom is 0.416 e. The highest BCUT2D eigenvalue weighted by Gasteiger charge is 2.36. The van der Waals surface area contributed by atoms with E-state index in [2.05, 4.69) is 20.4 Å². The number of nitrogen functional groups attached to an aromatic ring is 1. The number of hydrogen-bond donors (Lipinski definition) is 2. The summed E-state index contributed by atoms with van der Waals surface area (Å²) in [6.07, 6.45) is 4.71. The quantitative estimate of drug-likeness (QED) is 0.597. The van der Waals surface area contributed by atoms with Gasteiger partial charge in [0, 0.05) is 30.6 Å². The van der Waals surface area contributed by atoms with Gasteiger partial charge in [0.25, 0.3) is 5.91 Å². The van der Waals surface area contributed by atoms with E-state index in [1.54, 1.807) is 25.3 Å². The lowest BCUT2D eigenvalue weighted by Crippen LogP contribution is -2.42. The number of nitrogens with one attached hydrogen (secondary N) is 1. The van der Waals surface area contributed by atoms with E-state index in [0.29, 0.717) is 23.6 Å². The van der Waals surface area contributed by atoms with Crippen molar-refractivity contribution in [3.8, 4) is 5.82 Å². The Morgan fingerprint density at radius 2 is 1.79 bits per heavy atom. The molecule has 1 aromatic carbocycles. The van der Waals surface area contributed by atoms with Crippen LogP contribution < -0.4 is 11.1 Å². The molecule has 1 aliphatic rings. The fraction of sp³-hybridized carbons (Fsp3) is 0.391. The van der Waals surface area contributed by atoms with Crippen LogP contribution in [0.4, 0.5) is 19.0 Å². The van der Waals surface area contributed by atoms with Crippen LogP contribution in [-0.2, 0) is 11.6 Å². The number of amides is 1. The molecule has 4 rings (SSSR count). The van der Waals surface area contributed by atoms with Crippen LogP contribution in [0.3, 0.4) is 0 Å². The lowest BCUT2D eigenvalue weighted by Gasteiger charge is -2.38. The van der Waals surface area contributed by atoms with Crippen LogP contribution in [0.25, 0.3) is 5.82 Å². The average Bonchev–Trinajstić information content (AvgIpc) is 3.19. The topological polar surface area (TPSA) is 98.7 Å². The standard InChI is InChI=1S/C23H25F3N6O/c1-15-18(13-32(31-15)20-19(27)28-11-12-29-20)21(33)30-14-22(9-3-2-4-10-22)16-5-7-17(8-6-16)23(24,25)26/h5-8,11-13H,2-4,9-10,14H2,1H3,(H2,27,28)(H,30,33). The molecule has 2 heterocycles. The molecular weight excluding hydrogens is 433 g/mol. The van der Waals surface area contributed by atoms with Gasteiger partial charge in [-0.2, -0.15) is 18.3 Å². The summed E-state index contributed by atoms with van der Waals surface area (Å²) < 4.78 is 40.4. The molecule has 2 aromatic heterocycles. The molecule has 0 bridgehead atoms. The lowest BCUT2D eigenvalue weighted by molar-refractivity contribution is -0.137. The summed E-state index contributed by atoms with van der Waals surface area (Å²) in [5, 5.41) is 7.32. The predicted octanol–water partition coefficient (Wildman–Crippen LogP) is 4.20. The first-order valence-corrected chi connectivity index (χ1v) is 10.8. The first-order chi connectivity index (χ1) is 15.7. The highest BCUT2D eigenvalue weighted by Crippen LogP contribution is 2.40. The molecule has 174 valence electrons. The third-order valence-corrected chi connectivity index (χ3v) is 6.29. The minimum atomic E-state index is -4.38. The molecule has 33 heavy (non-hydrogen) atoms. The van der Waals surface area contributed by atoms with E-state index in [1.165, 1.54) is 17.1 Å². The van der Waals surface area contributed by atoms with Crippen LogP contribution in [0.15, 0.2) is 42.9 Å². The molecular formula is C23H25F3N6O. The van der Waals surface area contributed by atoms with Crippen LogP contribution in [0.1, 0.15) is 59.3 Å². The first kappa shape index (κ1) is 22.8. The number of anilines is 1. The van der Waals surface area contributed by atoms with Crippen molar-refractivity contribution in [1.82, 2.24) is 25.1 Å². The molecule has 1 fully saturated rings. The Balaban J connectivity index is 1.54.